The lowest BCUT2D eigenvalue weighted by atomic mass is 10.2. The smallest absolute Gasteiger partial charge is 0.151 e. The van der Waals surface area contributed by atoms with E-state index in [1.807, 2.05) is 12.1 Å². The maximum atomic E-state index is 5.43. The fraction of sp³-hybridized carbons (Fsp3) is 0.364. The number of imidazole rings is 1. The summed E-state index contributed by atoms with van der Waals surface area (Å²) in [6, 6.07) is 3.78. The van der Waals surface area contributed by atoms with Crippen LogP contribution in [0.15, 0.2) is 29.0 Å². The van der Waals surface area contributed by atoms with Gasteiger partial charge in [-0.15, -0.1) is 0 Å². The zero-order valence-corrected chi connectivity index (χ0v) is 8.57. The van der Waals surface area contributed by atoms with Gasteiger partial charge < -0.3 is 15.1 Å². The molecule has 0 saturated heterocycles. The molecule has 4 nitrogen and oxygen atoms in total. The van der Waals surface area contributed by atoms with Gasteiger partial charge in [0, 0.05) is 6.42 Å². The second-order valence-electron chi connectivity index (χ2n) is 3.47. The molecule has 2 aromatic heterocycles. The first-order chi connectivity index (χ1) is 7.40. The van der Waals surface area contributed by atoms with Crippen molar-refractivity contribution in [1.82, 2.24) is 9.97 Å². The number of aromatic amines is 1. The third kappa shape index (κ3) is 2.47. The first-order valence-electron chi connectivity index (χ1n) is 5.18. The van der Waals surface area contributed by atoms with E-state index in [4.69, 9.17) is 10.2 Å². The Morgan fingerprint density at radius 3 is 3.07 bits per heavy atom. The summed E-state index contributed by atoms with van der Waals surface area (Å²) < 4.78 is 5.27. The highest BCUT2D eigenvalue weighted by Crippen LogP contribution is 2.17. The second kappa shape index (κ2) is 4.79. The van der Waals surface area contributed by atoms with Crippen molar-refractivity contribution in [3.05, 3.63) is 30.4 Å². The SMILES string of the molecule is NCCCCc1ncc(-c2ccco2)[nH]1. The highest BCUT2D eigenvalue weighted by molar-refractivity contribution is 5.50. The number of unbranched alkanes of at least 4 members (excludes halogenated alkanes) is 1. The number of aromatic nitrogens is 2. The second-order valence-corrected chi connectivity index (χ2v) is 3.47. The monoisotopic (exact) mass is 205 g/mol. The van der Waals surface area contributed by atoms with Crippen LogP contribution in [0.5, 0.6) is 0 Å². The minimum Gasteiger partial charge on any atom is -0.463 e. The number of hydrogen-bond donors (Lipinski definition) is 2. The molecule has 2 rings (SSSR count). The largest absolute Gasteiger partial charge is 0.463 e. The summed E-state index contributed by atoms with van der Waals surface area (Å²) in [6.07, 6.45) is 6.51. The molecule has 0 amide bonds. The molecule has 80 valence electrons. The van der Waals surface area contributed by atoms with Crippen molar-refractivity contribution < 1.29 is 4.42 Å². The summed E-state index contributed by atoms with van der Waals surface area (Å²) in [5.74, 6) is 1.82. The topological polar surface area (TPSA) is 67.8 Å². The van der Waals surface area contributed by atoms with Crippen molar-refractivity contribution in [1.29, 1.82) is 0 Å². The highest BCUT2D eigenvalue weighted by Gasteiger charge is 2.04. The fourth-order valence-corrected chi connectivity index (χ4v) is 1.48. The van der Waals surface area contributed by atoms with Crippen LogP contribution in [0.25, 0.3) is 11.5 Å². The zero-order chi connectivity index (χ0) is 10.5. The average molecular weight is 205 g/mol. The molecule has 4 heteroatoms. The molecule has 3 N–H and O–H groups in total. The number of nitrogens with one attached hydrogen (secondary N) is 1. The predicted molar refractivity (Wildman–Crippen MR) is 58.3 cm³/mol. The maximum Gasteiger partial charge on any atom is 0.151 e. The van der Waals surface area contributed by atoms with Crippen molar-refractivity contribution in [2.24, 2.45) is 5.73 Å². The Kier molecular flexibility index (Phi) is 3.19. The van der Waals surface area contributed by atoms with Crippen molar-refractivity contribution in [2.75, 3.05) is 6.54 Å². The lowest BCUT2D eigenvalue weighted by molar-refractivity contribution is 0.580. The van der Waals surface area contributed by atoms with Gasteiger partial charge in [-0.05, 0) is 31.5 Å². The Hall–Kier alpha value is -1.55. The van der Waals surface area contributed by atoms with E-state index in [2.05, 4.69) is 9.97 Å². The number of nitrogens with two attached hydrogens (primary N) is 1. The lowest BCUT2D eigenvalue weighted by Crippen LogP contribution is -1.99. The predicted octanol–water partition coefficient (Wildman–Crippen LogP) is 1.95. The Labute approximate surface area is 88.5 Å². The summed E-state index contributed by atoms with van der Waals surface area (Å²) in [5.41, 5.74) is 6.36. The van der Waals surface area contributed by atoms with Crippen molar-refractivity contribution in [3.63, 3.8) is 0 Å². The molecule has 0 fully saturated rings. The highest BCUT2D eigenvalue weighted by atomic mass is 16.3. The summed E-state index contributed by atoms with van der Waals surface area (Å²) in [7, 11) is 0. The Morgan fingerprint density at radius 2 is 2.33 bits per heavy atom. The van der Waals surface area contributed by atoms with Gasteiger partial charge in [0.15, 0.2) is 5.76 Å². The van der Waals surface area contributed by atoms with Crippen LogP contribution in [-0.2, 0) is 6.42 Å². The summed E-state index contributed by atoms with van der Waals surface area (Å²) in [6.45, 7) is 0.742. The van der Waals surface area contributed by atoms with Gasteiger partial charge in [-0.2, -0.15) is 0 Å². The number of nitrogens with zero attached hydrogens (tertiary/aromatic N) is 1. The third-order valence-electron chi connectivity index (χ3n) is 2.28. The van der Waals surface area contributed by atoms with Gasteiger partial charge in [0.05, 0.1) is 12.5 Å². The van der Waals surface area contributed by atoms with Gasteiger partial charge in [0.1, 0.15) is 11.5 Å². The van der Waals surface area contributed by atoms with Gasteiger partial charge in [-0.1, -0.05) is 0 Å². The molecular formula is C11H15N3O. The Bertz CT molecular complexity index is 392. The van der Waals surface area contributed by atoms with Crippen LogP contribution in [0.3, 0.4) is 0 Å². The van der Waals surface area contributed by atoms with Crippen LogP contribution >= 0.6 is 0 Å². The first kappa shape index (κ1) is 9.98. The van der Waals surface area contributed by atoms with Gasteiger partial charge >= 0.3 is 0 Å². The molecule has 0 radical (unpaired) electrons. The van der Waals surface area contributed by atoms with Crippen LogP contribution in [0.1, 0.15) is 18.7 Å². The number of rotatable bonds is 5. The quantitative estimate of drug-likeness (QED) is 0.733. The van der Waals surface area contributed by atoms with Crippen molar-refractivity contribution in [3.8, 4) is 11.5 Å². The van der Waals surface area contributed by atoms with Crippen LogP contribution in [-0.4, -0.2) is 16.5 Å². The minimum atomic E-state index is 0.742. The molecule has 0 aliphatic rings. The molecular weight excluding hydrogens is 190 g/mol. The number of H-pyrrole nitrogens is 1. The van der Waals surface area contributed by atoms with Crippen LogP contribution in [0, 0.1) is 0 Å². The molecule has 0 spiro atoms. The number of aryl methyl sites for hydroxylation is 1. The molecule has 2 aromatic rings. The maximum absolute atomic E-state index is 5.43. The molecule has 0 aliphatic heterocycles. The third-order valence-corrected chi connectivity index (χ3v) is 2.28. The van der Waals surface area contributed by atoms with Gasteiger partial charge in [0.25, 0.3) is 0 Å². The van der Waals surface area contributed by atoms with E-state index in [1.54, 1.807) is 12.5 Å². The van der Waals surface area contributed by atoms with Crippen LogP contribution < -0.4 is 5.73 Å². The Balaban J connectivity index is 1.98. The number of furan rings is 1. The van der Waals surface area contributed by atoms with E-state index < -0.39 is 0 Å². The van der Waals surface area contributed by atoms with Crippen molar-refractivity contribution in [2.45, 2.75) is 19.3 Å². The van der Waals surface area contributed by atoms with E-state index in [9.17, 15) is 0 Å². The van der Waals surface area contributed by atoms with Gasteiger partial charge in [0.2, 0.25) is 0 Å². The average Bonchev–Trinajstić information content (AvgIpc) is 2.87. The molecule has 0 saturated carbocycles. The number of hydrogen-bond acceptors (Lipinski definition) is 3. The molecule has 0 aromatic carbocycles. The lowest BCUT2D eigenvalue weighted by Gasteiger charge is -1.94. The van der Waals surface area contributed by atoms with E-state index in [-0.39, 0.29) is 0 Å². The van der Waals surface area contributed by atoms with E-state index in [0.717, 1.165) is 43.1 Å². The van der Waals surface area contributed by atoms with Crippen LogP contribution in [0.2, 0.25) is 0 Å². The van der Waals surface area contributed by atoms with E-state index in [0.29, 0.717) is 0 Å². The minimum absolute atomic E-state index is 0.742. The molecule has 2 heterocycles. The van der Waals surface area contributed by atoms with E-state index in [1.165, 1.54) is 0 Å². The van der Waals surface area contributed by atoms with Gasteiger partial charge in [-0.25, -0.2) is 4.98 Å². The van der Waals surface area contributed by atoms with Crippen LogP contribution in [0.4, 0.5) is 0 Å². The van der Waals surface area contributed by atoms with Gasteiger partial charge in [-0.3, -0.25) is 0 Å². The molecule has 0 atom stereocenters. The standard InChI is InChI=1S/C11H15N3O/c12-6-2-1-5-11-13-8-9(14-11)10-4-3-7-15-10/h3-4,7-8H,1-2,5-6,12H2,(H,13,14). The normalized spacial score (nSPS) is 10.7. The summed E-state index contributed by atoms with van der Waals surface area (Å²) in [5, 5.41) is 0. The summed E-state index contributed by atoms with van der Waals surface area (Å²) >= 11 is 0. The molecule has 0 unspecified atom stereocenters. The molecule has 15 heavy (non-hydrogen) atoms. The summed E-state index contributed by atoms with van der Waals surface area (Å²) in [4.78, 5) is 7.52. The van der Waals surface area contributed by atoms with E-state index >= 15 is 0 Å². The fourth-order valence-electron chi connectivity index (χ4n) is 1.48. The first-order valence-corrected chi connectivity index (χ1v) is 5.18. The molecule has 0 aliphatic carbocycles. The zero-order valence-electron chi connectivity index (χ0n) is 8.57. The van der Waals surface area contributed by atoms with Crippen molar-refractivity contribution >= 4 is 0 Å². The molecule has 0 bridgehead atoms. The Morgan fingerprint density at radius 1 is 1.40 bits per heavy atom.